The Morgan fingerprint density at radius 1 is 1.50 bits per heavy atom. The van der Waals surface area contributed by atoms with Crippen molar-refractivity contribution in [1.29, 1.82) is 0 Å². The molecule has 1 unspecified atom stereocenters. The maximum atomic E-state index is 6.03. The maximum absolute atomic E-state index is 6.03. The van der Waals surface area contributed by atoms with E-state index in [4.69, 9.17) is 27.1 Å². The molecule has 20 heavy (non-hydrogen) atoms. The molecule has 0 aliphatic heterocycles. The lowest BCUT2D eigenvalue weighted by molar-refractivity contribution is 0.305. The molecular weight excluding hydrogens is 292 g/mol. The molecule has 5 heteroatoms. The fourth-order valence-corrected chi connectivity index (χ4v) is 3.33. The van der Waals surface area contributed by atoms with Gasteiger partial charge >= 0.3 is 0 Å². The second-order valence-electron chi connectivity index (χ2n) is 5.17. The van der Waals surface area contributed by atoms with Crippen LogP contribution >= 0.6 is 22.9 Å². The highest BCUT2D eigenvalue weighted by atomic mass is 35.5. The van der Waals surface area contributed by atoms with Gasteiger partial charge in [-0.05, 0) is 38.0 Å². The summed E-state index contributed by atoms with van der Waals surface area (Å²) in [6, 6.07) is 7.46. The van der Waals surface area contributed by atoms with Crippen LogP contribution in [0, 0.1) is 0 Å². The van der Waals surface area contributed by atoms with E-state index in [1.807, 2.05) is 31.2 Å². The van der Waals surface area contributed by atoms with Gasteiger partial charge in [-0.3, -0.25) is 0 Å². The number of rotatable bonds is 5. The van der Waals surface area contributed by atoms with Crippen LogP contribution in [-0.2, 0) is 6.61 Å². The number of hydrogen-bond acceptors (Lipinski definition) is 4. The molecule has 1 heterocycles. The van der Waals surface area contributed by atoms with Gasteiger partial charge in [0.1, 0.15) is 17.4 Å². The van der Waals surface area contributed by atoms with Crippen molar-refractivity contribution >= 4 is 22.9 Å². The van der Waals surface area contributed by atoms with Gasteiger partial charge in [0.15, 0.2) is 0 Å². The highest BCUT2D eigenvalue weighted by Crippen LogP contribution is 2.44. The van der Waals surface area contributed by atoms with Crippen LogP contribution in [0.1, 0.15) is 47.3 Å². The van der Waals surface area contributed by atoms with Crippen LogP contribution in [0.3, 0.4) is 0 Å². The van der Waals surface area contributed by atoms with E-state index in [9.17, 15) is 0 Å². The first-order valence-corrected chi connectivity index (χ1v) is 7.96. The number of hydrogen-bond donors (Lipinski definition) is 1. The van der Waals surface area contributed by atoms with E-state index in [1.165, 1.54) is 23.4 Å². The SMILES string of the molecule is CC(N)c1sc(COc2cccc(Cl)c2)nc1C1CC1. The smallest absolute Gasteiger partial charge is 0.140 e. The summed E-state index contributed by atoms with van der Waals surface area (Å²) in [4.78, 5) is 5.92. The largest absolute Gasteiger partial charge is 0.486 e. The van der Waals surface area contributed by atoms with Crippen molar-refractivity contribution in [2.45, 2.75) is 38.3 Å². The van der Waals surface area contributed by atoms with Gasteiger partial charge in [-0.25, -0.2) is 4.98 Å². The monoisotopic (exact) mass is 308 g/mol. The molecule has 1 saturated carbocycles. The summed E-state index contributed by atoms with van der Waals surface area (Å²) in [6.07, 6.45) is 2.47. The molecule has 1 fully saturated rings. The standard InChI is InChI=1S/C15H17ClN2OS/c1-9(17)15-14(10-5-6-10)18-13(20-15)8-19-12-4-2-3-11(16)7-12/h2-4,7,9-10H,5-6,8,17H2,1H3. The average Bonchev–Trinajstić information content (AvgIpc) is 3.16. The van der Waals surface area contributed by atoms with E-state index in [2.05, 4.69) is 0 Å². The van der Waals surface area contributed by atoms with Crippen LogP contribution in [0.4, 0.5) is 0 Å². The molecule has 0 radical (unpaired) electrons. The zero-order chi connectivity index (χ0) is 14.1. The maximum Gasteiger partial charge on any atom is 0.140 e. The van der Waals surface area contributed by atoms with Crippen LogP contribution in [0.5, 0.6) is 5.75 Å². The lowest BCUT2D eigenvalue weighted by Gasteiger charge is -2.03. The second kappa shape index (κ2) is 5.72. The Hall–Kier alpha value is -1.10. The van der Waals surface area contributed by atoms with Crippen molar-refractivity contribution in [1.82, 2.24) is 4.98 Å². The minimum absolute atomic E-state index is 0.0445. The third-order valence-electron chi connectivity index (χ3n) is 3.26. The molecule has 1 atom stereocenters. The fourth-order valence-electron chi connectivity index (χ4n) is 2.13. The van der Waals surface area contributed by atoms with Crippen molar-refractivity contribution in [3.05, 3.63) is 44.9 Å². The minimum atomic E-state index is 0.0445. The lowest BCUT2D eigenvalue weighted by atomic mass is 10.2. The minimum Gasteiger partial charge on any atom is -0.486 e. The predicted octanol–water partition coefficient (Wildman–Crippen LogP) is 4.27. The van der Waals surface area contributed by atoms with Crippen molar-refractivity contribution in [2.75, 3.05) is 0 Å². The zero-order valence-electron chi connectivity index (χ0n) is 11.3. The molecule has 0 bridgehead atoms. The van der Waals surface area contributed by atoms with Gasteiger partial charge in [-0.15, -0.1) is 11.3 Å². The van der Waals surface area contributed by atoms with Crippen LogP contribution in [-0.4, -0.2) is 4.98 Å². The normalized spacial score (nSPS) is 16.1. The van der Waals surface area contributed by atoms with Gasteiger partial charge < -0.3 is 10.5 Å². The molecule has 0 saturated heterocycles. The molecule has 3 rings (SSSR count). The van der Waals surface area contributed by atoms with Gasteiger partial charge in [-0.2, -0.15) is 0 Å². The molecule has 1 aliphatic rings. The first kappa shape index (κ1) is 13.9. The highest BCUT2D eigenvalue weighted by molar-refractivity contribution is 7.11. The first-order chi connectivity index (χ1) is 9.63. The Morgan fingerprint density at radius 3 is 2.95 bits per heavy atom. The molecule has 3 nitrogen and oxygen atoms in total. The van der Waals surface area contributed by atoms with Gasteiger partial charge in [0.05, 0.1) is 5.69 Å². The summed E-state index contributed by atoms with van der Waals surface area (Å²) in [7, 11) is 0. The summed E-state index contributed by atoms with van der Waals surface area (Å²) in [6.45, 7) is 2.48. The Balaban J connectivity index is 1.73. The second-order valence-corrected chi connectivity index (χ2v) is 6.72. The van der Waals surface area contributed by atoms with Gasteiger partial charge in [-0.1, -0.05) is 17.7 Å². The molecular formula is C15H17ClN2OS. The number of halogens is 1. The van der Waals surface area contributed by atoms with E-state index in [-0.39, 0.29) is 6.04 Å². The van der Waals surface area contributed by atoms with E-state index >= 15 is 0 Å². The quantitative estimate of drug-likeness (QED) is 0.897. The van der Waals surface area contributed by atoms with Crippen molar-refractivity contribution in [2.24, 2.45) is 5.73 Å². The fraction of sp³-hybridized carbons (Fsp3) is 0.400. The third kappa shape index (κ3) is 3.14. The molecule has 1 aromatic carbocycles. The molecule has 2 aromatic rings. The Morgan fingerprint density at radius 2 is 2.30 bits per heavy atom. The van der Waals surface area contributed by atoms with Crippen LogP contribution in [0.25, 0.3) is 0 Å². The Labute approximate surface area is 127 Å². The average molecular weight is 309 g/mol. The molecule has 0 amide bonds. The summed E-state index contributed by atoms with van der Waals surface area (Å²) in [5.74, 6) is 1.38. The molecule has 106 valence electrons. The number of ether oxygens (including phenoxy) is 1. The van der Waals surface area contributed by atoms with Gasteiger partial charge in [0, 0.05) is 21.9 Å². The van der Waals surface area contributed by atoms with E-state index in [0.717, 1.165) is 10.8 Å². The lowest BCUT2D eigenvalue weighted by Crippen LogP contribution is -2.05. The van der Waals surface area contributed by atoms with Crippen molar-refractivity contribution in [3.63, 3.8) is 0 Å². The number of benzene rings is 1. The zero-order valence-corrected chi connectivity index (χ0v) is 12.9. The van der Waals surface area contributed by atoms with E-state index in [0.29, 0.717) is 17.5 Å². The third-order valence-corrected chi connectivity index (χ3v) is 4.74. The van der Waals surface area contributed by atoms with E-state index < -0.39 is 0 Å². The molecule has 2 N–H and O–H groups in total. The van der Waals surface area contributed by atoms with Crippen LogP contribution < -0.4 is 10.5 Å². The van der Waals surface area contributed by atoms with Crippen molar-refractivity contribution < 1.29 is 4.74 Å². The Bertz CT molecular complexity index is 588. The summed E-state index contributed by atoms with van der Waals surface area (Å²) in [5.41, 5.74) is 7.22. The number of aromatic nitrogens is 1. The number of nitrogens with two attached hydrogens (primary N) is 1. The van der Waals surface area contributed by atoms with Crippen LogP contribution in [0.15, 0.2) is 24.3 Å². The molecule has 0 spiro atoms. The van der Waals surface area contributed by atoms with Gasteiger partial charge in [0.2, 0.25) is 0 Å². The highest BCUT2D eigenvalue weighted by Gasteiger charge is 2.30. The summed E-state index contributed by atoms with van der Waals surface area (Å²) < 4.78 is 5.74. The van der Waals surface area contributed by atoms with E-state index in [1.54, 1.807) is 11.3 Å². The van der Waals surface area contributed by atoms with Crippen molar-refractivity contribution in [3.8, 4) is 5.75 Å². The molecule has 1 aliphatic carbocycles. The topological polar surface area (TPSA) is 48.1 Å². The molecule has 1 aromatic heterocycles. The Kier molecular flexibility index (Phi) is 3.96. The summed E-state index contributed by atoms with van der Waals surface area (Å²) >= 11 is 7.60. The predicted molar refractivity (Wildman–Crippen MR) is 82.5 cm³/mol. The van der Waals surface area contributed by atoms with Crippen LogP contribution in [0.2, 0.25) is 5.02 Å². The number of nitrogens with zero attached hydrogens (tertiary/aromatic N) is 1. The number of thiazole rings is 1. The summed E-state index contributed by atoms with van der Waals surface area (Å²) in [5, 5.41) is 1.66. The van der Waals surface area contributed by atoms with Gasteiger partial charge in [0.25, 0.3) is 0 Å². The first-order valence-electron chi connectivity index (χ1n) is 6.77.